The van der Waals surface area contributed by atoms with Crippen molar-refractivity contribution in [3.63, 3.8) is 0 Å². The number of aromatic nitrogens is 2. The van der Waals surface area contributed by atoms with E-state index in [1.54, 1.807) is 30.5 Å². The Morgan fingerprint density at radius 1 is 1.12 bits per heavy atom. The number of sulfonamides is 1. The summed E-state index contributed by atoms with van der Waals surface area (Å²) >= 11 is 6.12. The van der Waals surface area contributed by atoms with E-state index in [1.165, 1.54) is 34.3 Å². The second-order valence-electron chi connectivity index (χ2n) is 9.63. The summed E-state index contributed by atoms with van der Waals surface area (Å²) in [5.74, 6) is -0.135. The highest BCUT2D eigenvalue weighted by molar-refractivity contribution is 7.88. The average molecular weight is 590 g/mol. The average Bonchev–Trinajstić information content (AvgIpc) is 2.90. The van der Waals surface area contributed by atoms with E-state index in [4.69, 9.17) is 21.1 Å². The van der Waals surface area contributed by atoms with Crippen LogP contribution < -0.4 is 19.9 Å². The van der Waals surface area contributed by atoms with Gasteiger partial charge < -0.3 is 14.4 Å². The largest absolute Gasteiger partial charge is 0.490 e. The third-order valence-electron chi connectivity index (χ3n) is 7.07. The molecule has 0 radical (unpaired) electrons. The molecule has 0 unspecified atom stereocenters. The van der Waals surface area contributed by atoms with Crippen molar-refractivity contribution in [1.82, 2.24) is 14.1 Å². The Morgan fingerprint density at radius 3 is 2.50 bits per heavy atom. The molecule has 14 heteroatoms. The van der Waals surface area contributed by atoms with Crippen molar-refractivity contribution < 1.29 is 22.8 Å². The van der Waals surface area contributed by atoms with E-state index in [-0.39, 0.29) is 42.1 Å². The van der Waals surface area contributed by atoms with Gasteiger partial charge in [-0.15, -0.1) is 0 Å². The summed E-state index contributed by atoms with van der Waals surface area (Å²) < 4.78 is 40.2. The van der Waals surface area contributed by atoms with Gasteiger partial charge in [-0.1, -0.05) is 23.7 Å². The van der Waals surface area contributed by atoms with Gasteiger partial charge in [0, 0.05) is 37.3 Å². The number of methoxy groups -OCH3 is 1. The number of hydrogen-bond donors (Lipinski definition) is 0. The van der Waals surface area contributed by atoms with Gasteiger partial charge in [-0.25, -0.2) is 8.42 Å². The van der Waals surface area contributed by atoms with Crippen LogP contribution in [0.2, 0.25) is 5.02 Å². The summed E-state index contributed by atoms with van der Waals surface area (Å²) in [6.45, 7) is 1.03. The lowest BCUT2D eigenvalue weighted by Crippen LogP contribution is -2.49. The molecule has 40 heavy (non-hydrogen) atoms. The first-order chi connectivity index (χ1) is 19.2. The number of nitro groups is 1. The Kier molecular flexibility index (Phi) is 7.97. The van der Waals surface area contributed by atoms with Gasteiger partial charge in [0.2, 0.25) is 15.8 Å². The quantitative estimate of drug-likeness (QED) is 0.271. The second-order valence-corrected chi connectivity index (χ2v) is 12.0. The molecule has 2 aliphatic rings. The third-order valence-corrected chi connectivity index (χ3v) is 9.15. The molecule has 0 amide bonds. The Labute approximate surface area is 235 Å². The summed E-state index contributed by atoms with van der Waals surface area (Å²) in [6, 6.07) is 10.9. The molecule has 0 atom stereocenters. The zero-order valence-corrected chi connectivity index (χ0v) is 23.3. The zero-order chi connectivity index (χ0) is 28.4. The molecule has 3 aromatic rings. The van der Waals surface area contributed by atoms with Crippen LogP contribution in [0.3, 0.4) is 0 Å². The minimum atomic E-state index is -3.72. The van der Waals surface area contributed by atoms with Crippen molar-refractivity contribution in [2.75, 3.05) is 38.2 Å². The van der Waals surface area contributed by atoms with Crippen molar-refractivity contribution in [1.29, 1.82) is 0 Å². The zero-order valence-electron chi connectivity index (χ0n) is 21.7. The molecule has 1 saturated carbocycles. The smallest absolute Gasteiger partial charge is 0.316 e. The first kappa shape index (κ1) is 27.9. The number of hydrogen-bond acceptors (Lipinski definition) is 9. The van der Waals surface area contributed by atoms with Gasteiger partial charge in [0.15, 0.2) is 5.75 Å². The fraction of sp³-hybridized carbons (Fsp3) is 0.385. The lowest BCUT2D eigenvalue weighted by Gasteiger charge is -2.36. The predicted molar refractivity (Wildman–Crippen MR) is 149 cm³/mol. The molecular weight excluding hydrogens is 562 g/mol. The van der Waals surface area contributed by atoms with E-state index < -0.39 is 20.5 Å². The van der Waals surface area contributed by atoms with Gasteiger partial charge in [0.05, 0.1) is 35.8 Å². The minimum absolute atomic E-state index is 0.00141. The normalized spacial score (nSPS) is 16.4. The monoisotopic (exact) mass is 589 g/mol. The molecule has 2 aromatic carbocycles. The highest BCUT2D eigenvalue weighted by Crippen LogP contribution is 2.32. The highest BCUT2D eigenvalue weighted by Gasteiger charge is 2.31. The molecule has 1 aliphatic carbocycles. The Morgan fingerprint density at radius 2 is 1.88 bits per heavy atom. The Bertz CT molecular complexity index is 1580. The number of anilines is 1. The van der Waals surface area contributed by atoms with E-state index >= 15 is 0 Å². The van der Waals surface area contributed by atoms with Crippen LogP contribution in [0, 0.1) is 10.1 Å². The molecule has 1 saturated heterocycles. The van der Waals surface area contributed by atoms with Crippen LogP contribution in [0.4, 0.5) is 11.4 Å². The molecule has 0 N–H and O–H groups in total. The molecule has 1 aliphatic heterocycles. The van der Waals surface area contributed by atoms with Crippen LogP contribution in [-0.4, -0.2) is 66.8 Å². The summed E-state index contributed by atoms with van der Waals surface area (Å²) in [6.07, 6.45) is 4.27. The molecule has 12 nitrogen and oxygen atoms in total. The van der Waals surface area contributed by atoms with Crippen molar-refractivity contribution in [2.24, 2.45) is 0 Å². The third kappa shape index (κ3) is 5.76. The number of halogens is 1. The highest BCUT2D eigenvalue weighted by atomic mass is 35.5. The van der Waals surface area contributed by atoms with Crippen LogP contribution in [-0.2, 0) is 15.8 Å². The van der Waals surface area contributed by atoms with E-state index in [0.29, 0.717) is 35.1 Å². The maximum atomic E-state index is 13.5. The van der Waals surface area contributed by atoms with E-state index in [9.17, 15) is 23.3 Å². The van der Waals surface area contributed by atoms with Crippen LogP contribution in [0.5, 0.6) is 11.5 Å². The first-order valence-electron chi connectivity index (χ1n) is 12.8. The molecular formula is C26H28ClN5O7S. The standard InChI is InChI=1S/C26H28ClN5O7S/c1-38-24-14-18(8-9-22(24)32(34)35)17-40(36,37)30-12-10-29(11-13-30)23-16-28-31(20-5-2-4-19(27)15-20)26(33)25(23)39-21-6-3-7-21/h2,4-5,8-9,14-16,21H,3,6-7,10-13,17H2,1H3. The number of benzene rings is 2. The molecule has 0 bridgehead atoms. The fourth-order valence-electron chi connectivity index (χ4n) is 4.68. The van der Waals surface area contributed by atoms with Gasteiger partial charge in [0.25, 0.3) is 0 Å². The number of ether oxygens (including phenoxy) is 2. The van der Waals surface area contributed by atoms with E-state index in [0.717, 1.165) is 19.3 Å². The molecule has 0 spiro atoms. The van der Waals surface area contributed by atoms with Crippen LogP contribution in [0.1, 0.15) is 24.8 Å². The lowest BCUT2D eigenvalue weighted by molar-refractivity contribution is -0.385. The van der Waals surface area contributed by atoms with Crippen molar-refractivity contribution >= 4 is 33.0 Å². The summed E-state index contributed by atoms with van der Waals surface area (Å²) in [5.41, 5.74) is 0.778. The van der Waals surface area contributed by atoms with Gasteiger partial charge in [-0.3, -0.25) is 14.9 Å². The number of piperazine rings is 1. The number of rotatable bonds is 9. The molecule has 2 fully saturated rings. The van der Waals surface area contributed by atoms with Gasteiger partial charge in [0.1, 0.15) is 5.69 Å². The van der Waals surface area contributed by atoms with E-state index in [1.807, 2.05) is 4.90 Å². The van der Waals surface area contributed by atoms with Crippen LogP contribution in [0.25, 0.3) is 5.69 Å². The SMILES string of the molecule is COc1cc(CS(=O)(=O)N2CCN(c3cnn(-c4cccc(Cl)c4)c(=O)c3OC3CCC3)CC2)ccc1[N+](=O)[O-]. The van der Waals surface area contributed by atoms with E-state index in [2.05, 4.69) is 5.10 Å². The number of nitro benzene ring substituents is 1. The summed E-state index contributed by atoms with van der Waals surface area (Å²) in [4.78, 5) is 26.0. The minimum Gasteiger partial charge on any atom is -0.490 e. The van der Waals surface area contributed by atoms with Crippen molar-refractivity contribution in [3.05, 3.63) is 79.7 Å². The summed E-state index contributed by atoms with van der Waals surface area (Å²) in [5, 5.41) is 16.0. The van der Waals surface area contributed by atoms with Crippen molar-refractivity contribution in [2.45, 2.75) is 31.1 Å². The van der Waals surface area contributed by atoms with Gasteiger partial charge >= 0.3 is 11.2 Å². The number of nitrogens with zero attached hydrogens (tertiary/aromatic N) is 5. The lowest BCUT2D eigenvalue weighted by atomic mass is 9.96. The molecule has 1 aromatic heterocycles. The Hall–Kier alpha value is -3.68. The summed E-state index contributed by atoms with van der Waals surface area (Å²) in [7, 11) is -2.43. The fourth-order valence-corrected chi connectivity index (χ4v) is 6.37. The van der Waals surface area contributed by atoms with Gasteiger partial charge in [-0.2, -0.15) is 14.1 Å². The maximum Gasteiger partial charge on any atom is 0.316 e. The predicted octanol–water partition coefficient (Wildman–Crippen LogP) is 3.39. The molecule has 2 heterocycles. The van der Waals surface area contributed by atoms with Gasteiger partial charge in [-0.05, 0) is 49.1 Å². The molecule has 212 valence electrons. The Balaban J connectivity index is 1.34. The topological polar surface area (TPSA) is 137 Å². The van der Waals surface area contributed by atoms with Crippen LogP contribution >= 0.6 is 11.6 Å². The van der Waals surface area contributed by atoms with Crippen LogP contribution in [0.15, 0.2) is 53.5 Å². The first-order valence-corrected chi connectivity index (χ1v) is 14.7. The second kappa shape index (κ2) is 11.4. The van der Waals surface area contributed by atoms with Crippen molar-refractivity contribution in [3.8, 4) is 17.2 Å². The molecule has 5 rings (SSSR count). The maximum absolute atomic E-state index is 13.5.